The van der Waals surface area contributed by atoms with E-state index < -0.39 is 0 Å². The Kier molecular flexibility index (Phi) is 4.05. The van der Waals surface area contributed by atoms with E-state index in [0.717, 1.165) is 63.3 Å². The van der Waals surface area contributed by atoms with Gasteiger partial charge in [-0.05, 0) is 81.3 Å². The monoisotopic (exact) mass is 506 g/mol. The molecule has 4 heteroatoms. The van der Waals surface area contributed by atoms with Crippen molar-refractivity contribution in [2.45, 2.75) is 45.4 Å². The fourth-order valence-electron chi connectivity index (χ4n) is 7.03. The molecule has 2 aliphatic heterocycles. The number of ether oxygens (including phenoxy) is 2. The summed E-state index contributed by atoms with van der Waals surface area (Å²) in [7, 11) is 0. The Balaban J connectivity index is 1.37. The summed E-state index contributed by atoms with van der Waals surface area (Å²) in [4.78, 5) is 0. The molecule has 6 aromatic rings. The van der Waals surface area contributed by atoms with Gasteiger partial charge in [0.25, 0.3) is 6.71 Å². The molecule has 0 saturated heterocycles. The second kappa shape index (κ2) is 7.27. The molecule has 9 rings (SSSR count). The first-order valence-corrected chi connectivity index (χ1v) is 14.0. The highest BCUT2D eigenvalue weighted by Crippen LogP contribution is 2.44. The van der Waals surface area contributed by atoms with E-state index in [2.05, 4.69) is 93.6 Å². The molecule has 3 heterocycles. The molecule has 0 N–H and O–H groups in total. The Morgan fingerprint density at radius 3 is 2.26 bits per heavy atom. The SMILES string of the molecule is CC(C)(C)c1cc2c3c(c1)Oc1c(ccc4c1oc1c5c(ccc14)CCC5)B3c1cc3ccccc3cc1O2. The highest BCUT2D eigenvalue weighted by atomic mass is 16.5. The van der Waals surface area contributed by atoms with Crippen molar-refractivity contribution in [1.82, 2.24) is 0 Å². The van der Waals surface area contributed by atoms with Gasteiger partial charge in [0.1, 0.15) is 22.8 Å². The molecule has 39 heavy (non-hydrogen) atoms. The van der Waals surface area contributed by atoms with Gasteiger partial charge in [-0.1, -0.05) is 75.4 Å². The Bertz CT molecular complexity index is 2040. The molecule has 5 aromatic carbocycles. The predicted octanol–water partition coefficient (Wildman–Crippen LogP) is 7.25. The lowest BCUT2D eigenvalue weighted by atomic mass is 9.34. The minimum Gasteiger partial charge on any atom is -0.458 e. The number of hydrogen-bond donors (Lipinski definition) is 0. The van der Waals surface area contributed by atoms with Gasteiger partial charge in [0.05, 0.1) is 0 Å². The van der Waals surface area contributed by atoms with Gasteiger partial charge >= 0.3 is 0 Å². The molecule has 0 saturated carbocycles. The first-order valence-electron chi connectivity index (χ1n) is 14.0. The predicted molar refractivity (Wildman–Crippen MR) is 160 cm³/mol. The normalized spacial score (nSPS) is 15.1. The third-order valence-corrected chi connectivity index (χ3v) is 9.06. The van der Waals surface area contributed by atoms with Crippen LogP contribution < -0.4 is 25.9 Å². The van der Waals surface area contributed by atoms with Crippen LogP contribution in [0.1, 0.15) is 43.9 Å². The smallest absolute Gasteiger partial charge is 0.260 e. The van der Waals surface area contributed by atoms with Crippen LogP contribution in [0.3, 0.4) is 0 Å². The van der Waals surface area contributed by atoms with Crippen LogP contribution in [0.2, 0.25) is 0 Å². The first-order chi connectivity index (χ1) is 18.9. The van der Waals surface area contributed by atoms with Crippen LogP contribution in [0, 0.1) is 0 Å². The average Bonchev–Trinajstić information content (AvgIpc) is 3.56. The van der Waals surface area contributed by atoms with E-state index in [1.165, 1.54) is 44.7 Å². The largest absolute Gasteiger partial charge is 0.458 e. The van der Waals surface area contributed by atoms with Gasteiger partial charge in [-0.2, -0.15) is 0 Å². The molecule has 3 aliphatic rings. The summed E-state index contributed by atoms with van der Waals surface area (Å²) >= 11 is 0. The molecule has 0 fully saturated rings. The lowest BCUT2D eigenvalue weighted by Crippen LogP contribution is -2.57. The number of fused-ring (bicyclic) bond motifs is 11. The van der Waals surface area contributed by atoms with Crippen LogP contribution in [0.15, 0.2) is 77.2 Å². The standard InChI is InChI=1S/C35H27BO3/c1-35(2,3)22-17-29-31-30(18-22)38-34-26(36(31)27-15-20-7-4-5-8-21(20)16-28(27)37-29)14-13-25-24-12-11-19-9-6-10-23(19)32(24)39-33(25)34/h4-5,7-8,11-18H,6,9-10H2,1-3H3. The number of rotatable bonds is 0. The molecular weight excluding hydrogens is 479 g/mol. The van der Waals surface area contributed by atoms with Gasteiger partial charge in [-0.15, -0.1) is 0 Å². The van der Waals surface area contributed by atoms with Crippen molar-refractivity contribution in [1.29, 1.82) is 0 Å². The van der Waals surface area contributed by atoms with E-state index in [4.69, 9.17) is 13.9 Å². The molecule has 1 aromatic heterocycles. The fraction of sp³-hybridized carbons (Fsp3) is 0.200. The maximum absolute atomic E-state index is 6.85. The minimum absolute atomic E-state index is 0.00412. The van der Waals surface area contributed by atoms with Crippen molar-refractivity contribution in [3.05, 3.63) is 89.5 Å². The van der Waals surface area contributed by atoms with Gasteiger partial charge < -0.3 is 13.9 Å². The van der Waals surface area contributed by atoms with Crippen molar-refractivity contribution in [2.75, 3.05) is 0 Å². The van der Waals surface area contributed by atoms with Gasteiger partial charge in [-0.25, -0.2) is 0 Å². The number of aryl methyl sites for hydroxylation is 2. The molecule has 1 aliphatic carbocycles. The van der Waals surface area contributed by atoms with Crippen molar-refractivity contribution >= 4 is 55.8 Å². The van der Waals surface area contributed by atoms with Gasteiger partial charge in [0, 0.05) is 16.2 Å². The molecule has 0 amide bonds. The number of hydrogen-bond acceptors (Lipinski definition) is 3. The van der Waals surface area contributed by atoms with Crippen LogP contribution in [0.25, 0.3) is 32.7 Å². The summed E-state index contributed by atoms with van der Waals surface area (Å²) in [5.41, 5.74) is 9.23. The summed E-state index contributed by atoms with van der Waals surface area (Å²) in [6.45, 7) is 6.71. The van der Waals surface area contributed by atoms with E-state index in [1.807, 2.05) is 0 Å². The molecule has 0 unspecified atom stereocenters. The van der Waals surface area contributed by atoms with Crippen LogP contribution in [0.5, 0.6) is 23.0 Å². The van der Waals surface area contributed by atoms with Crippen molar-refractivity contribution in [2.24, 2.45) is 0 Å². The quantitative estimate of drug-likeness (QED) is 0.203. The third-order valence-electron chi connectivity index (χ3n) is 9.06. The molecule has 0 radical (unpaired) electrons. The fourth-order valence-corrected chi connectivity index (χ4v) is 7.03. The highest BCUT2D eigenvalue weighted by Gasteiger charge is 2.42. The van der Waals surface area contributed by atoms with Crippen LogP contribution >= 0.6 is 0 Å². The van der Waals surface area contributed by atoms with E-state index in [-0.39, 0.29) is 12.1 Å². The summed E-state index contributed by atoms with van der Waals surface area (Å²) < 4.78 is 20.3. The summed E-state index contributed by atoms with van der Waals surface area (Å²) in [6.07, 6.45) is 3.41. The maximum atomic E-state index is 6.85. The highest BCUT2D eigenvalue weighted by molar-refractivity contribution is 6.98. The number of furan rings is 1. The Morgan fingerprint density at radius 1 is 0.692 bits per heavy atom. The average molecular weight is 506 g/mol. The topological polar surface area (TPSA) is 31.6 Å². The second-order valence-corrected chi connectivity index (χ2v) is 12.4. The molecule has 188 valence electrons. The van der Waals surface area contributed by atoms with E-state index in [1.54, 1.807) is 0 Å². The molecule has 0 atom stereocenters. The van der Waals surface area contributed by atoms with Gasteiger partial charge in [-0.3, -0.25) is 0 Å². The van der Waals surface area contributed by atoms with Crippen LogP contribution in [-0.2, 0) is 18.3 Å². The zero-order chi connectivity index (χ0) is 26.0. The summed E-state index contributed by atoms with van der Waals surface area (Å²) in [6, 6.07) is 26.4. The van der Waals surface area contributed by atoms with Crippen molar-refractivity contribution in [3.8, 4) is 23.0 Å². The maximum Gasteiger partial charge on any atom is 0.260 e. The summed E-state index contributed by atoms with van der Waals surface area (Å²) in [5.74, 6) is 3.51. The first kappa shape index (κ1) is 21.7. The molecular formula is C35H27BO3. The third kappa shape index (κ3) is 2.89. The molecule has 3 nitrogen and oxygen atoms in total. The van der Waals surface area contributed by atoms with Crippen LogP contribution in [0.4, 0.5) is 0 Å². The zero-order valence-corrected chi connectivity index (χ0v) is 22.4. The van der Waals surface area contributed by atoms with Gasteiger partial charge in [0.15, 0.2) is 11.3 Å². The Hall–Kier alpha value is -4.18. The molecule has 0 spiro atoms. The van der Waals surface area contributed by atoms with E-state index in [0.29, 0.717) is 0 Å². The Labute approximate surface area is 227 Å². The lowest BCUT2D eigenvalue weighted by Gasteiger charge is -2.34. The number of benzene rings is 5. The van der Waals surface area contributed by atoms with Crippen LogP contribution in [-0.4, -0.2) is 6.71 Å². The second-order valence-electron chi connectivity index (χ2n) is 12.4. The minimum atomic E-state index is -0.0520. The van der Waals surface area contributed by atoms with E-state index >= 15 is 0 Å². The van der Waals surface area contributed by atoms with Crippen molar-refractivity contribution in [3.63, 3.8) is 0 Å². The van der Waals surface area contributed by atoms with E-state index in [9.17, 15) is 0 Å². The lowest BCUT2D eigenvalue weighted by molar-refractivity contribution is 0.456. The zero-order valence-electron chi connectivity index (χ0n) is 22.4. The van der Waals surface area contributed by atoms with Crippen molar-refractivity contribution < 1.29 is 13.9 Å². The summed E-state index contributed by atoms with van der Waals surface area (Å²) in [5, 5.41) is 4.70. The van der Waals surface area contributed by atoms with Gasteiger partial charge in [0.2, 0.25) is 0 Å². The molecule has 0 bridgehead atoms. The Morgan fingerprint density at radius 2 is 1.44 bits per heavy atom.